The zero-order valence-corrected chi connectivity index (χ0v) is 15.2. The quantitative estimate of drug-likeness (QED) is 0.458. The molecule has 0 unspecified atom stereocenters. The number of halogens is 2. The second-order valence-corrected chi connectivity index (χ2v) is 6.81. The number of hydrogen-bond acceptors (Lipinski definition) is 3. The molecule has 4 nitrogen and oxygen atoms in total. The molecule has 2 aromatic carbocycles. The van der Waals surface area contributed by atoms with E-state index in [0.29, 0.717) is 22.0 Å². The van der Waals surface area contributed by atoms with Crippen molar-refractivity contribution in [1.29, 1.82) is 0 Å². The predicted octanol–water partition coefficient (Wildman–Crippen LogP) is 5.28. The van der Waals surface area contributed by atoms with E-state index in [4.69, 9.17) is 0 Å². The Morgan fingerprint density at radius 2 is 1.52 bits per heavy atom. The molecule has 0 saturated heterocycles. The highest BCUT2D eigenvalue weighted by Crippen LogP contribution is 2.32. The average Bonchev–Trinajstić information content (AvgIpc) is 3.06. The van der Waals surface area contributed by atoms with Crippen molar-refractivity contribution in [3.05, 3.63) is 90.4 Å². The number of hydrogen-bond donors (Lipinski definition) is 1. The Bertz CT molecular complexity index is 1350. The molecule has 0 amide bonds. The summed E-state index contributed by atoms with van der Waals surface area (Å²) in [5, 5.41) is 11.7. The van der Waals surface area contributed by atoms with Crippen LogP contribution < -0.4 is 0 Å². The van der Waals surface area contributed by atoms with E-state index in [2.05, 4.69) is 9.97 Å². The van der Waals surface area contributed by atoms with Crippen LogP contribution in [0, 0.1) is 11.6 Å². The number of nitrogens with zero attached hydrogens (tertiary/aromatic N) is 3. The van der Waals surface area contributed by atoms with Crippen LogP contribution >= 0.6 is 0 Å². The minimum absolute atomic E-state index is 0.0731. The van der Waals surface area contributed by atoms with Gasteiger partial charge in [0.15, 0.2) is 0 Å². The topological polar surface area (TPSA) is 50.9 Å². The molecule has 29 heavy (non-hydrogen) atoms. The normalized spacial score (nSPS) is 11.4. The van der Waals surface area contributed by atoms with Gasteiger partial charge < -0.3 is 9.67 Å². The minimum atomic E-state index is -0.675. The number of aromatic hydroxyl groups is 1. The molecule has 0 fully saturated rings. The molecule has 0 aliphatic carbocycles. The maximum Gasteiger partial charge on any atom is 0.201 e. The van der Waals surface area contributed by atoms with Crippen molar-refractivity contribution in [1.82, 2.24) is 14.5 Å². The van der Waals surface area contributed by atoms with Crippen LogP contribution in [-0.2, 0) is 6.54 Å². The first kappa shape index (κ1) is 17.3. The summed E-state index contributed by atoms with van der Waals surface area (Å²) in [5.41, 5.74) is 2.34. The van der Waals surface area contributed by atoms with E-state index in [1.165, 1.54) is 16.7 Å². The monoisotopic (exact) mass is 387 g/mol. The van der Waals surface area contributed by atoms with E-state index in [1.807, 2.05) is 24.3 Å². The Labute approximate surface area is 164 Å². The van der Waals surface area contributed by atoms with Crippen LogP contribution in [0.3, 0.4) is 0 Å². The van der Waals surface area contributed by atoms with E-state index in [-0.39, 0.29) is 18.0 Å². The summed E-state index contributed by atoms with van der Waals surface area (Å²) in [5.74, 6) is -1.42. The SMILES string of the molecule is Oc1c2cccnc2cn1Cc1c(F)cc(-c2cccc3ncccc23)cc1F. The van der Waals surface area contributed by atoms with Crippen molar-refractivity contribution in [3.63, 3.8) is 0 Å². The van der Waals surface area contributed by atoms with Gasteiger partial charge in [0, 0.05) is 29.5 Å². The Morgan fingerprint density at radius 1 is 0.828 bits per heavy atom. The lowest BCUT2D eigenvalue weighted by Gasteiger charge is -2.11. The molecule has 1 N–H and O–H groups in total. The molecule has 0 spiro atoms. The summed E-state index contributed by atoms with van der Waals surface area (Å²) in [6.07, 6.45) is 4.85. The Kier molecular flexibility index (Phi) is 3.98. The third-order valence-electron chi connectivity index (χ3n) is 5.06. The molecule has 0 atom stereocenters. The van der Waals surface area contributed by atoms with Crippen molar-refractivity contribution in [2.45, 2.75) is 6.54 Å². The minimum Gasteiger partial charge on any atom is -0.494 e. The van der Waals surface area contributed by atoms with Gasteiger partial charge >= 0.3 is 0 Å². The van der Waals surface area contributed by atoms with E-state index in [1.54, 1.807) is 36.8 Å². The van der Waals surface area contributed by atoms with Crippen molar-refractivity contribution in [2.24, 2.45) is 0 Å². The largest absolute Gasteiger partial charge is 0.494 e. The van der Waals surface area contributed by atoms with Crippen molar-refractivity contribution < 1.29 is 13.9 Å². The Morgan fingerprint density at radius 3 is 2.24 bits per heavy atom. The van der Waals surface area contributed by atoms with Gasteiger partial charge in [0.1, 0.15) is 11.6 Å². The molecule has 142 valence electrons. The fraction of sp³-hybridized carbons (Fsp3) is 0.0435. The standard InChI is InChI=1S/C23H15F2N3O/c24-19-10-14(15-4-1-7-21-16(15)5-2-8-26-21)11-20(25)18(19)12-28-13-22-17(23(28)29)6-3-9-27-22/h1-11,13,29H,12H2. The lowest BCUT2D eigenvalue weighted by atomic mass is 9.99. The van der Waals surface area contributed by atoms with Gasteiger partial charge in [0.05, 0.1) is 23.0 Å². The Hall–Kier alpha value is -3.80. The molecule has 0 aliphatic heterocycles. The van der Waals surface area contributed by atoms with E-state index < -0.39 is 11.6 Å². The van der Waals surface area contributed by atoms with Gasteiger partial charge in [-0.25, -0.2) is 8.78 Å². The van der Waals surface area contributed by atoms with Crippen LogP contribution in [0.15, 0.2) is 73.2 Å². The molecule has 3 aromatic heterocycles. The maximum absolute atomic E-state index is 14.9. The van der Waals surface area contributed by atoms with E-state index in [9.17, 15) is 13.9 Å². The fourth-order valence-corrected chi connectivity index (χ4v) is 3.63. The summed E-state index contributed by atoms with van der Waals surface area (Å²) in [6.45, 7) is -0.142. The zero-order valence-electron chi connectivity index (χ0n) is 15.2. The molecule has 0 saturated carbocycles. The van der Waals surface area contributed by atoms with Gasteiger partial charge in [-0.1, -0.05) is 18.2 Å². The van der Waals surface area contributed by atoms with E-state index >= 15 is 0 Å². The number of aromatic nitrogens is 3. The fourth-order valence-electron chi connectivity index (χ4n) is 3.63. The van der Waals surface area contributed by atoms with Crippen molar-refractivity contribution >= 4 is 21.8 Å². The van der Waals surface area contributed by atoms with Crippen LogP contribution in [-0.4, -0.2) is 19.6 Å². The highest BCUT2D eigenvalue weighted by atomic mass is 19.1. The van der Waals surface area contributed by atoms with Gasteiger partial charge in [-0.05, 0) is 47.5 Å². The maximum atomic E-state index is 14.9. The summed E-state index contributed by atoms with van der Waals surface area (Å²) < 4.78 is 31.2. The van der Waals surface area contributed by atoms with E-state index in [0.717, 1.165) is 10.9 Å². The first-order valence-corrected chi connectivity index (χ1v) is 9.06. The molecule has 0 aliphatic rings. The molecule has 5 rings (SSSR count). The highest BCUT2D eigenvalue weighted by molar-refractivity contribution is 5.94. The third kappa shape index (κ3) is 2.89. The summed E-state index contributed by atoms with van der Waals surface area (Å²) in [6, 6.07) is 15.2. The molecule has 6 heteroatoms. The molecule has 5 aromatic rings. The molecule has 0 bridgehead atoms. The van der Waals surface area contributed by atoms with Gasteiger partial charge in [-0.15, -0.1) is 0 Å². The van der Waals surface area contributed by atoms with Crippen LogP contribution in [0.5, 0.6) is 5.88 Å². The Balaban J connectivity index is 1.59. The van der Waals surface area contributed by atoms with Gasteiger partial charge in [0.2, 0.25) is 5.88 Å². The number of pyridine rings is 2. The second kappa shape index (κ2) is 6.67. The lowest BCUT2D eigenvalue weighted by Crippen LogP contribution is -2.04. The first-order valence-electron chi connectivity index (χ1n) is 9.06. The van der Waals surface area contributed by atoms with Crippen LogP contribution in [0.25, 0.3) is 32.9 Å². The van der Waals surface area contributed by atoms with Crippen molar-refractivity contribution in [3.8, 4) is 17.0 Å². The highest BCUT2D eigenvalue weighted by Gasteiger charge is 2.17. The van der Waals surface area contributed by atoms with Gasteiger partial charge in [0.25, 0.3) is 0 Å². The number of fused-ring (bicyclic) bond motifs is 2. The number of rotatable bonds is 3. The second-order valence-electron chi connectivity index (χ2n) is 6.81. The van der Waals surface area contributed by atoms with Gasteiger partial charge in [-0.3, -0.25) is 9.97 Å². The van der Waals surface area contributed by atoms with Crippen molar-refractivity contribution in [2.75, 3.05) is 0 Å². The molecule has 0 radical (unpaired) electrons. The van der Waals surface area contributed by atoms with Gasteiger partial charge in [-0.2, -0.15) is 0 Å². The number of benzene rings is 2. The lowest BCUT2D eigenvalue weighted by molar-refractivity contribution is 0.425. The van der Waals surface area contributed by atoms with Crippen LogP contribution in [0.2, 0.25) is 0 Å². The summed E-state index contributed by atoms with van der Waals surface area (Å²) in [4.78, 5) is 8.45. The molecular weight excluding hydrogens is 372 g/mol. The molecular formula is C23H15F2N3O. The van der Waals surface area contributed by atoms with Crippen LogP contribution in [0.1, 0.15) is 5.56 Å². The van der Waals surface area contributed by atoms with Crippen LogP contribution in [0.4, 0.5) is 8.78 Å². The zero-order chi connectivity index (χ0) is 20.0. The average molecular weight is 387 g/mol. The predicted molar refractivity (Wildman–Crippen MR) is 108 cm³/mol. The molecule has 3 heterocycles. The third-order valence-corrected chi connectivity index (χ3v) is 5.06. The summed E-state index contributed by atoms with van der Waals surface area (Å²) in [7, 11) is 0. The first-order chi connectivity index (χ1) is 14.1. The smallest absolute Gasteiger partial charge is 0.201 e. The summed E-state index contributed by atoms with van der Waals surface area (Å²) >= 11 is 0.